The van der Waals surface area contributed by atoms with E-state index in [1.54, 1.807) is 20.8 Å². The van der Waals surface area contributed by atoms with Crippen molar-refractivity contribution in [3.63, 3.8) is 0 Å². The van der Waals surface area contributed by atoms with E-state index in [1.807, 2.05) is 0 Å². The maximum Gasteiger partial charge on any atom is 0.0913 e. The fourth-order valence-electron chi connectivity index (χ4n) is 1.39. The minimum Gasteiger partial charge on any atom is -0.548 e. The quantitative estimate of drug-likeness (QED) is 0.751. The van der Waals surface area contributed by atoms with Crippen LogP contribution in [-0.4, -0.2) is 15.7 Å². The summed E-state index contributed by atoms with van der Waals surface area (Å²) in [5.74, 6) is -1.13. The van der Waals surface area contributed by atoms with Crippen molar-refractivity contribution in [1.82, 2.24) is 9.78 Å². The van der Waals surface area contributed by atoms with Crippen LogP contribution in [0.1, 0.15) is 30.8 Å². The van der Waals surface area contributed by atoms with Gasteiger partial charge in [-0.2, -0.15) is 5.10 Å². The number of aromatic nitrogens is 2. The van der Waals surface area contributed by atoms with Crippen LogP contribution >= 0.6 is 11.6 Å². The number of hydrogen-bond donors (Lipinski definition) is 0. The summed E-state index contributed by atoms with van der Waals surface area (Å²) in [5, 5.41) is 15.4. The molecule has 5 heteroatoms. The van der Waals surface area contributed by atoms with Gasteiger partial charge in [0.25, 0.3) is 0 Å². The lowest BCUT2D eigenvalue weighted by atomic mass is 10.2. The predicted octanol–water partition coefficient (Wildman–Crippen LogP) is 0.854. The minimum atomic E-state index is -1.13. The van der Waals surface area contributed by atoms with E-state index in [2.05, 4.69) is 5.10 Å². The fraction of sp³-hybridized carbons (Fsp3) is 0.556. The summed E-state index contributed by atoms with van der Waals surface area (Å²) >= 11 is 5.91. The zero-order chi connectivity index (χ0) is 10.9. The zero-order valence-corrected chi connectivity index (χ0v) is 9.13. The van der Waals surface area contributed by atoms with Crippen LogP contribution in [-0.2, 0) is 4.79 Å². The van der Waals surface area contributed by atoms with Crippen molar-refractivity contribution in [2.75, 3.05) is 0 Å². The van der Waals surface area contributed by atoms with Crippen LogP contribution in [0.15, 0.2) is 0 Å². The third-order valence-corrected chi connectivity index (χ3v) is 2.74. The summed E-state index contributed by atoms with van der Waals surface area (Å²) in [6.45, 7) is 5.26. The molecule has 0 bridgehead atoms. The standard InChI is InChI=1S/C9H13ClN2O2/c1-4-7(9(13)14)12-6(3)8(10)5(2)11-12/h7H,4H2,1-3H3,(H,13,14)/p-1/t7-/m0/s1. The topological polar surface area (TPSA) is 57.9 Å². The first-order chi connectivity index (χ1) is 6.49. The molecule has 0 fully saturated rings. The lowest BCUT2D eigenvalue weighted by molar-refractivity contribution is -0.310. The van der Waals surface area contributed by atoms with E-state index < -0.39 is 12.0 Å². The largest absolute Gasteiger partial charge is 0.548 e. The molecular formula is C9H12ClN2O2-. The van der Waals surface area contributed by atoms with Gasteiger partial charge in [0.15, 0.2) is 0 Å². The SMILES string of the molecule is CC[C@@H](C(=O)[O-])n1nc(C)c(Cl)c1C. The third-order valence-electron chi connectivity index (χ3n) is 2.19. The summed E-state index contributed by atoms with van der Waals surface area (Å²) in [5.41, 5.74) is 1.31. The number of aliphatic carboxylic acids is 1. The second-order valence-corrected chi connectivity index (χ2v) is 3.55. The van der Waals surface area contributed by atoms with Crippen molar-refractivity contribution in [1.29, 1.82) is 0 Å². The lowest BCUT2D eigenvalue weighted by Gasteiger charge is -2.18. The Hall–Kier alpha value is -1.03. The van der Waals surface area contributed by atoms with Gasteiger partial charge in [-0.1, -0.05) is 18.5 Å². The molecule has 1 atom stereocenters. The number of halogens is 1. The second kappa shape index (κ2) is 4.00. The van der Waals surface area contributed by atoms with E-state index >= 15 is 0 Å². The average Bonchev–Trinajstić information content (AvgIpc) is 2.35. The Bertz CT molecular complexity index is 360. The zero-order valence-electron chi connectivity index (χ0n) is 8.37. The Morgan fingerprint density at radius 3 is 2.50 bits per heavy atom. The van der Waals surface area contributed by atoms with Crippen LogP contribution in [0.3, 0.4) is 0 Å². The first-order valence-electron chi connectivity index (χ1n) is 4.41. The van der Waals surface area contributed by atoms with Crippen molar-refractivity contribution < 1.29 is 9.90 Å². The normalized spacial score (nSPS) is 12.9. The Morgan fingerprint density at radius 1 is 1.64 bits per heavy atom. The van der Waals surface area contributed by atoms with Crippen molar-refractivity contribution in [2.24, 2.45) is 0 Å². The van der Waals surface area contributed by atoms with E-state index in [9.17, 15) is 9.90 Å². The Balaban J connectivity index is 3.17. The first-order valence-corrected chi connectivity index (χ1v) is 4.78. The van der Waals surface area contributed by atoms with Gasteiger partial charge in [-0.3, -0.25) is 4.68 Å². The Kier molecular flexibility index (Phi) is 3.16. The molecule has 0 amide bonds. The monoisotopic (exact) mass is 215 g/mol. The summed E-state index contributed by atoms with van der Waals surface area (Å²) in [6, 6.07) is -0.735. The van der Waals surface area contributed by atoms with Gasteiger partial charge >= 0.3 is 0 Å². The maximum absolute atomic E-state index is 10.8. The van der Waals surface area contributed by atoms with E-state index in [-0.39, 0.29) is 0 Å². The lowest BCUT2D eigenvalue weighted by Crippen LogP contribution is -2.34. The van der Waals surface area contributed by atoms with Gasteiger partial charge in [0.05, 0.1) is 28.4 Å². The molecule has 0 saturated carbocycles. The molecule has 0 unspecified atom stereocenters. The second-order valence-electron chi connectivity index (χ2n) is 3.17. The first kappa shape index (κ1) is 11.0. The molecule has 0 saturated heterocycles. The van der Waals surface area contributed by atoms with Gasteiger partial charge in [0.2, 0.25) is 0 Å². The Morgan fingerprint density at radius 2 is 2.21 bits per heavy atom. The van der Waals surface area contributed by atoms with Crippen molar-refractivity contribution in [2.45, 2.75) is 33.2 Å². The van der Waals surface area contributed by atoms with E-state index in [4.69, 9.17) is 11.6 Å². The average molecular weight is 216 g/mol. The highest BCUT2D eigenvalue weighted by Gasteiger charge is 2.16. The molecule has 14 heavy (non-hydrogen) atoms. The third kappa shape index (κ3) is 1.75. The van der Waals surface area contributed by atoms with Crippen molar-refractivity contribution >= 4 is 17.6 Å². The van der Waals surface area contributed by atoms with Crippen molar-refractivity contribution in [3.8, 4) is 0 Å². The van der Waals surface area contributed by atoms with Crippen LogP contribution in [0.25, 0.3) is 0 Å². The fourth-order valence-corrected chi connectivity index (χ4v) is 1.51. The van der Waals surface area contributed by atoms with Crippen LogP contribution in [0.5, 0.6) is 0 Å². The molecular weight excluding hydrogens is 204 g/mol. The minimum absolute atomic E-state index is 0.431. The molecule has 1 aromatic heterocycles. The maximum atomic E-state index is 10.8. The smallest absolute Gasteiger partial charge is 0.0913 e. The highest BCUT2D eigenvalue weighted by atomic mass is 35.5. The summed E-state index contributed by atoms with van der Waals surface area (Å²) < 4.78 is 1.41. The molecule has 0 N–H and O–H groups in total. The van der Waals surface area contributed by atoms with E-state index in [1.165, 1.54) is 4.68 Å². The molecule has 0 spiro atoms. The predicted molar refractivity (Wildman–Crippen MR) is 51.0 cm³/mol. The number of carboxylic acid groups (broad SMARTS) is 1. The van der Waals surface area contributed by atoms with Gasteiger partial charge in [-0.15, -0.1) is 0 Å². The van der Waals surface area contributed by atoms with E-state index in [0.29, 0.717) is 22.8 Å². The number of rotatable bonds is 3. The molecule has 0 aromatic carbocycles. The summed E-state index contributed by atoms with van der Waals surface area (Å²) in [7, 11) is 0. The highest BCUT2D eigenvalue weighted by molar-refractivity contribution is 6.31. The molecule has 1 aromatic rings. The number of hydrogen-bond acceptors (Lipinski definition) is 3. The van der Waals surface area contributed by atoms with Gasteiger partial charge in [-0.05, 0) is 20.3 Å². The van der Waals surface area contributed by atoms with Gasteiger partial charge in [0.1, 0.15) is 0 Å². The van der Waals surface area contributed by atoms with Crippen LogP contribution < -0.4 is 5.11 Å². The molecule has 0 aliphatic rings. The number of nitrogens with zero attached hydrogens (tertiary/aromatic N) is 2. The molecule has 78 valence electrons. The molecule has 0 aliphatic heterocycles. The highest BCUT2D eigenvalue weighted by Crippen LogP contribution is 2.23. The Labute approximate surface area is 87.5 Å². The number of carboxylic acids is 1. The van der Waals surface area contributed by atoms with E-state index in [0.717, 1.165) is 0 Å². The molecule has 1 heterocycles. The van der Waals surface area contributed by atoms with Gasteiger partial charge < -0.3 is 9.90 Å². The number of carbonyl (C=O) groups excluding carboxylic acids is 1. The van der Waals surface area contributed by atoms with Crippen molar-refractivity contribution in [3.05, 3.63) is 16.4 Å². The van der Waals surface area contributed by atoms with Crippen LogP contribution in [0.4, 0.5) is 0 Å². The van der Waals surface area contributed by atoms with Gasteiger partial charge in [0, 0.05) is 0 Å². The number of carbonyl (C=O) groups is 1. The van der Waals surface area contributed by atoms with Gasteiger partial charge in [-0.25, -0.2) is 0 Å². The molecule has 0 radical (unpaired) electrons. The summed E-state index contributed by atoms with van der Waals surface area (Å²) in [6.07, 6.45) is 0.431. The van der Waals surface area contributed by atoms with Crippen LogP contribution in [0.2, 0.25) is 5.02 Å². The summed E-state index contributed by atoms with van der Waals surface area (Å²) in [4.78, 5) is 10.8. The number of aryl methyl sites for hydroxylation is 1. The molecule has 1 rings (SSSR count). The van der Waals surface area contributed by atoms with Crippen LogP contribution in [0, 0.1) is 13.8 Å². The molecule has 4 nitrogen and oxygen atoms in total. The molecule has 0 aliphatic carbocycles.